The highest BCUT2D eigenvalue weighted by molar-refractivity contribution is 5.93. The lowest BCUT2D eigenvalue weighted by Crippen LogP contribution is -2.46. The van der Waals surface area contributed by atoms with E-state index in [2.05, 4.69) is 35.6 Å². The summed E-state index contributed by atoms with van der Waals surface area (Å²) in [5, 5.41) is 16.0. The van der Waals surface area contributed by atoms with Gasteiger partial charge in [0.15, 0.2) is 11.5 Å². The molecular formula is C22H27N9O. The second-order valence-electron chi connectivity index (χ2n) is 8.35. The van der Waals surface area contributed by atoms with Crippen molar-refractivity contribution in [3.05, 3.63) is 35.8 Å². The fraction of sp³-hybridized carbons (Fsp3) is 0.500. The third kappa shape index (κ3) is 4.49. The number of anilines is 3. The van der Waals surface area contributed by atoms with Crippen LogP contribution in [0.2, 0.25) is 0 Å². The Balaban J connectivity index is 1.36. The van der Waals surface area contributed by atoms with E-state index >= 15 is 0 Å². The van der Waals surface area contributed by atoms with Crippen LogP contribution in [0.3, 0.4) is 0 Å². The molecule has 2 aliphatic rings. The molecule has 166 valence electrons. The normalized spacial score (nSPS) is 21.9. The van der Waals surface area contributed by atoms with E-state index in [0.29, 0.717) is 29.5 Å². The Morgan fingerprint density at radius 1 is 1.12 bits per heavy atom. The predicted molar refractivity (Wildman–Crippen MR) is 122 cm³/mol. The van der Waals surface area contributed by atoms with Crippen LogP contribution in [0.25, 0.3) is 15.7 Å². The van der Waals surface area contributed by atoms with Gasteiger partial charge >= 0.3 is 0 Å². The van der Waals surface area contributed by atoms with Crippen molar-refractivity contribution in [3.63, 3.8) is 0 Å². The van der Waals surface area contributed by atoms with E-state index < -0.39 is 0 Å². The maximum absolute atomic E-state index is 7.38. The number of aryl methyl sites for hydroxylation is 1. The fourth-order valence-corrected chi connectivity index (χ4v) is 4.59. The van der Waals surface area contributed by atoms with Gasteiger partial charge in [0.1, 0.15) is 5.82 Å². The maximum atomic E-state index is 7.38. The third-order valence-electron chi connectivity index (χ3n) is 6.25. The fourth-order valence-electron chi connectivity index (χ4n) is 4.59. The van der Waals surface area contributed by atoms with Gasteiger partial charge in [-0.3, -0.25) is 4.90 Å². The summed E-state index contributed by atoms with van der Waals surface area (Å²) in [5.41, 5.74) is 1.36. The first-order valence-corrected chi connectivity index (χ1v) is 11.1. The summed E-state index contributed by atoms with van der Waals surface area (Å²) in [5.74, 6) is 1.79. The number of hydrogen-bond acceptors (Lipinski definition) is 8. The molecule has 0 spiro atoms. The van der Waals surface area contributed by atoms with Crippen molar-refractivity contribution in [1.82, 2.24) is 29.9 Å². The molecule has 5 rings (SSSR count). The first kappa shape index (κ1) is 20.6. The molecule has 3 heterocycles. The maximum Gasteiger partial charge on any atom is 0.231 e. The number of fused-ring (bicyclic) bond motifs is 1. The number of ether oxygens (including phenoxy) is 1. The molecule has 0 unspecified atom stereocenters. The SMILES string of the molecule is [C-]#[N+]c1ccc2nc(Nc3cnn(C)n3)nc(NC3CCC(N4CCOCC4)CC3)c2c1. The van der Waals surface area contributed by atoms with Gasteiger partial charge < -0.3 is 15.4 Å². The zero-order valence-electron chi connectivity index (χ0n) is 18.2. The molecule has 0 bridgehead atoms. The monoisotopic (exact) mass is 433 g/mol. The Kier molecular flexibility index (Phi) is 5.83. The van der Waals surface area contributed by atoms with Crippen molar-refractivity contribution in [2.75, 3.05) is 36.9 Å². The zero-order valence-corrected chi connectivity index (χ0v) is 18.2. The molecule has 2 fully saturated rings. The van der Waals surface area contributed by atoms with E-state index in [-0.39, 0.29) is 0 Å². The summed E-state index contributed by atoms with van der Waals surface area (Å²) in [6, 6.07) is 6.49. The van der Waals surface area contributed by atoms with Crippen LogP contribution in [-0.2, 0) is 11.8 Å². The molecule has 1 aliphatic heterocycles. The smallest absolute Gasteiger partial charge is 0.231 e. The number of benzene rings is 1. The second-order valence-corrected chi connectivity index (χ2v) is 8.35. The molecule has 10 heteroatoms. The summed E-state index contributed by atoms with van der Waals surface area (Å²) in [6.45, 7) is 11.1. The van der Waals surface area contributed by atoms with Gasteiger partial charge in [-0.1, -0.05) is 6.07 Å². The van der Waals surface area contributed by atoms with Gasteiger partial charge in [-0.15, -0.1) is 5.10 Å². The molecule has 0 amide bonds. The van der Waals surface area contributed by atoms with Crippen molar-refractivity contribution < 1.29 is 4.74 Å². The van der Waals surface area contributed by atoms with Gasteiger partial charge in [0.25, 0.3) is 0 Å². The molecule has 10 nitrogen and oxygen atoms in total. The van der Waals surface area contributed by atoms with E-state index in [1.807, 2.05) is 12.1 Å². The van der Waals surface area contributed by atoms with Gasteiger partial charge in [0.2, 0.25) is 5.95 Å². The van der Waals surface area contributed by atoms with Crippen LogP contribution in [-0.4, -0.2) is 68.2 Å². The van der Waals surface area contributed by atoms with Crippen molar-refractivity contribution in [2.45, 2.75) is 37.8 Å². The number of rotatable bonds is 5. The number of nitrogens with zero attached hydrogens (tertiary/aromatic N) is 7. The number of aromatic nitrogens is 5. The van der Waals surface area contributed by atoms with Crippen LogP contribution in [0.1, 0.15) is 25.7 Å². The highest BCUT2D eigenvalue weighted by Gasteiger charge is 2.27. The lowest BCUT2D eigenvalue weighted by Gasteiger charge is -2.39. The van der Waals surface area contributed by atoms with Crippen molar-refractivity contribution in [3.8, 4) is 0 Å². The van der Waals surface area contributed by atoms with E-state index in [4.69, 9.17) is 16.3 Å². The molecule has 2 aromatic heterocycles. The highest BCUT2D eigenvalue weighted by atomic mass is 16.5. The quantitative estimate of drug-likeness (QED) is 0.593. The van der Waals surface area contributed by atoms with Gasteiger partial charge in [-0.25, -0.2) is 9.83 Å². The topological polar surface area (TPSA) is 97.4 Å². The third-order valence-corrected chi connectivity index (χ3v) is 6.25. The number of hydrogen-bond donors (Lipinski definition) is 2. The van der Waals surface area contributed by atoms with E-state index in [9.17, 15) is 0 Å². The lowest BCUT2D eigenvalue weighted by molar-refractivity contribution is 0.00791. The standard InChI is InChI=1S/C22H27N9O/c1-23-16-5-8-19-18(13-16)21(28-22(26-19)27-20-14-24-30(2)29-20)25-15-3-6-17(7-4-15)31-9-11-32-12-10-31/h5,8,13-15,17H,3-4,6-7,9-12H2,2H3,(H2,25,26,27,28,29). The molecule has 3 aromatic rings. The van der Waals surface area contributed by atoms with Crippen LogP contribution < -0.4 is 10.6 Å². The van der Waals surface area contributed by atoms with Gasteiger partial charge in [0, 0.05) is 37.6 Å². The van der Waals surface area contributed by atoms with Crippen molar-refractivity contribution >= 4 is 34.2 Å². The van der Waals surface area contributed by atoms with Gasteiger partial charge in [-0.2, -0.15) is 14.9 Å². The minimum absolute atomic E-state index is 0.339. The van der Waals surface area contributed by atoms with Crippen molar-refractivity contribution in [1.29, 1.82) is 0 Å². The van der Waals surface area contributed by atoms with Crippen LogP contribution in [0, 0.1) is 6.57 Å². The summed E-state index contributed by atoms with van der Waals surface area (Å²) in [4.78, 5) is 17.0. The Bertz CT molecular complexity index is 1120. The van der Waals surface area contributed by atoms with E-state index in [1.165, 1.54) is 17.6 Å². The molecule has 1 saturated heterocycles. The lowest BCUT2D eigenvalue weighted by atomic mass is 9.90. The average molecular weight is 434 g/mol. The Morgan fingerprint density at radius 2 is 1.94 bits per heavy atom. The first-order valence-electron chi connectivity index (χ1n) is 11.1. The van der Waals surface area contributed by atoms with Crippen molar-refractivity contribution in [2.24, 2.45) is 7.05 Å². The summed E-state index contributed by atoms with van der Waals surface area (Å²) < 4.78 is 5.50. The zero-order chi connectivity index (χ0) is 21.9. The van der Waals surface area contributed by atoms with Gasteiger partial charge in [0.05, 0.1) is 31.5 Å². The summed E-state index contributed by atoms with van der Waals surface area (Å²) >= 11 is 0. The Labute approximate surface area is 186 Å². The minimum Gasteiger partial charge on any atom is -0.379 e. The number of nitrogens with one attached hydrogen (secondary N) is 2. The molecule has 1 aromatic carbocycles. The second kappa shape index (κ2) is 9.06. The van der Waals surface area contributed by atoms with Crippen LogP contribution in [0.4, 0.5) is 23.3 Å². The molecule has 1 saturated carbocycles. The predicted octanol–water partition coefficient (Wildman–Crippen LogP) is 3.11. The summed E-state index contributed by atoms with van der Waals surface area (Å²) in [7, 11) is 1.76. The molecule has 1 aliphatic carbocycles. The molecular weight excluding hydrogens is 406 g/mol. The van der Waals surface area contributed by atoms with Crippen LogP contribution in [0.15, 0.2) is 24.4 Å². The molecule has 0 atom stereocenters. The molecule has 32 heavy (non-hydrogen) atoms. The molecule has 2 N–H and O–H groups in total. The van der Waals surface area contributed by atoms with Crippen LogP contribution >= 0.6 is 0 Å². The Morgan fingerprint density at radius 3 is 2.66 bits per heavy atom. The Hall–Kier alpha value is -3.29. The van der Waals surface area contributed by atoms with E-state index in [0.717, 1.165) is 55.9 Å². The summed E-state index contributed by atoms with van der Waals surface area (Å²) in [6.07, 6.45) is 6.14. The first-order chi connectivity index (χ1) is 15.7. The van der Waals surface area contributed by atoms with Crippen LogP contribution in [0.5, 0.6) is 0 Å². The van der Waals surface area contributed by atoms with E-state index in [1.54, 1.807) is 19.3 Å². The number of morpholine rings is 1. The average Bonchev–Trinajstić information content (AvgIpc) is 3.24. The largest absolute Gasteiger partial charge is 0.379 e. The highest BCUT2D eigenvalue weighted by Crippen LogP contribution is 2.31. The van der Waals surface area contributed by atoms with Gasteiger partial charge in [-0.05, 0) is 37.8 Å². The molecule has 0 radical (unpaired) electrons. The minimum atomic E-state index is 0.339.